The highest BCUT2D eigenvalue weighted by Gasteiger charge is 2.72. The zero-order valence-electron chi connectivity index (χ0n) is 13.4. The molecule has 27 heavy (non-hydrogen) atoms. The molecule has 0 aliphatic heterocycles. The van der Waals surface area contributed by atoms with E-state index in [1.807, 2.05) is 0 Å². The summed E-state index contributed by atoms with van der Waals surface area (Å²) in [4.78, 5) is 11.1. The Morgan fingerprint density at radius 1 is 1.22 bits per heavy atom. The maximum absolute atomic E-state index is 14.1. The summed E-state index contributed by atoms with van der Waals surface area (Å²) in [5.74, 6) is -0.460. The standard InChI is InChI=1S/C12H12ClF6N3O4S/c1-10(14,11(15,16)17)12(18,19)22(9(20)23)21-27(24,25)8-5-6(13)3-4-7(8)26-2/h3-5,21H,1-2H3,(H2,20,23). The van der Waals surface area contributed by atoms with Crippen molar-refractivity contribution in [3.8, 4) is 5.75 Å². The van der Waals surface area contributed by atoms with Gasteiger partial charge in [0.25, 0.3) is 15.7 Å². The number of rotatable bonds is 6. The average molecular weight is 444 g/mol. The van der Waals surface area contributed by atoms with Gasteiger partial charge in [0.2, 0.25) is 0 Å². The summed E-state index contributed by atoms with van der Waals surface area (Å²) >= 11 is 5.59. The molecular formula is C12H12ClF6N3O4S. The van der Waals surface area contributed by atoms with E-state index in [-0.39, 0.29) is 5.02 Å². The van der Waals surface area contributed by atoms with E-state index in [0.29, 0.717) is 6.07 Å². The highest BCUT2D eigenvalue weighted by molar-refractivity contribution is 7.89. The van der Waals surface area contributed by atoms with Crippen LogP contribution < -0.4 is 15.3 Å². The zero-order chi connectivity index (χ0) is 21.4. The van der Waals surface area contributed by atoms with Gasteiger partial charge in [0, 0.05) is 5.02 Å². The predicted octanol–water partition coefficient (Wildman–Crippen LogP) is 2.81. The second-order valence-corrected chi connectivity index (χ2v) is 7.17. The Hall–Kier alpha value is -1.93. The normalized spacial score (nSPS) is 15.1. The number of nitrogens with zero attached hydrogens (tertiary/aromatic N) is 1. The molecule has 0 bridgehead atoms. The summed E-state index contributed by atoms with van der Waals surface area (Å²) in [6.07, 6.45) is -6.18. The minimum atomic E-state index is -6.18. The molecule has 3 N–H and O–H groups in total. The van der Waals surface area contributed by atoms with Crippen LogP contribution in [-0.4, -0.2) is 44.5 Å². The van der Waals surface area contributed by atoms with Crippen LogP contribution in [0.2, 0.25) is 5.02 Å². The number of hydrazine groups is 1. The van der Waals surface area contributed by atoms with Crippen LogP contribution in [0.25, 0.3) is 0 Å². The number of carbonyl (C=O) groups is 1. The van der Waals surface area contributed by atoms with Gasteiger partial charge in [-0.1, -0.05) is 11.6 Å². The molecule has 0 aromatic heterocycles. The molecular weight excluding hydrogens is 432 g/mol. The Morgan fingerprint density at radius 2 is 1.74 bits per heavy atom. The molecule has 0 aliphatic carbocycles. The average Bonchev–Trinajstić information content (AvgIpc) is 2.51. The Balaban J connectivity index is 3.48. The molecule has 0 heterocycles. The quantitative estimate of drug-likeness (QED) is 0.401. The number of sulfonamides is 1. The first-order valence-corrected chi connectivity index (χ1v) is 8.44. The lowest BCUT2D eigenvalue weighted by atomic mass is 10.1. The van der Waals surface area contributed by atoms with Crippen molar-refractivity contribution in [3.63, 3.8) is 0 Å². The first-order valence-electron chi connectivity index (χ1n) is 6.58. The van der Waals surface area contributed by atoms with Gasteiger partial charge in [-0.2, -0.15) is 27.0 Å². The number of hydrogen-bond donors (Lipinski definition) is 2. The van der Waals surface area contributed by atoms with E-state index in [1.165, 1.54) is 0 Å². The Morgan fingerprint density at radius 3 is 2.15 bits per heavy atom. The van der Waals surface area contributed by atoms with E-state index >= 15 is 0 Å². The molecule has 7 nitrogen and oxygen atoms in total. The van der Waals surface area contributed by atoms with Crippen molar-refractivity contribution in [2.45, 2.75) is 29.7 Å². The first kappa shape index (κ1) is 23.1. The van der Waals surface area contributed by atoms with Crippen LogP contribution in [0.3, 0.4) is 0 Å². The number of ether oxygens (including phenoxy) is 1. The van der Waals surface area contributed by atoms with Gasteiger partial charge in [0.05, 0.1) is 7.11 Å². The summed E-state index contributed by atoms with van der Waals surface area (Å²) in [6.45, 7) is -0.586. The molecule has 0 saturated heterocycles. The van der Waals surface area contributed by atoms with E-state index in [1.54, 1.807) is 0 Å². The topological polar surface area (TPSA) is 102 Å². The predicted molar refractivity (Wildman–Crippen MR) is 80.3 cm³/mol. The number of carbonyl (C=O) groups excluding carboxylic acids is 1. The van der Waals surface area contributed by atoms with Crippen LogP contribution in [0, 0.1) is 0 Å². The fourth-order valence-electron chi connectivity index (χ4n) is 1.65. The van der Waals surface area contributed by atoms with E-state index in [2.05, 4.69) is 10.5 Å². The van der Waals surface area contributed by atoms with Crippen molar-refractivity contribution in [1.82, 2.24) is 9.84 Å². The lowest BCUT2D eigenvalue weighted by Gasteiger charge is -2.37. The lowest BCUT2D eigenvalue weighted by molar-refractivity contribution is -0.329. The molecule has 0 fully saturated rings. The van der Waals surface area contributed by atoms with Gasteiger partial charge < -0.3 is 10.5 Å². The molecule has 1 atom stereocenters. The fourth-order valence-corrected chi connectivity index (χ4v) is 3.13. The van der Waals surface area contributed by atoms with E-state index in [9.17, 15) is 39.6 Å². The highest BCUT2D eigenvalue weighted by atomic mass is 35.5. The van der Waals surface area contributed by atoms with E-state index < -0.39 is 56.5 Å². The maximum Gasteiger partial charge on any atom is 0.430 e. The highest BCUT2D eigenvalue weighted by Crippen LogP contribution is 2.46. The van der Waals surface area contributed by atoms with Gasteiger partial charge in [-0.25, -0.2) is 17.6 Å². The van der Waals surface area contributed by atoms with Crippen molar-refractivity contribution in [2.75, 3.05) is 7.11 Å². The van der Waals surface area contributed by atoms with E-state index in [4.69, 9.17) is 11.6 Å². The van der Waals surface area contributed by atoms with Crippen LogP contribution >= 0.6 is 11.6 Å². The molecule has 0 radical (unpaired) electrons. The van der Waals surface area contributed by atoms with Gasteiger partial charge in [-0.15, -0.1) is 4.83 Å². The van der Waals surface area contributed by atoms with Crippen molar-refractivity contribution in [3.05, 3.63) is 23.2 Å². The molecule has 1 aromatic rings. The molecule has 0 saturated carbocycles. The molecule has 1 rings (SSSR count). The van der Waals surface area contributed by atoms with Gasteiger partial charge >= 0.3 is 18.3 Å². The van der Waals surface area contributed by atoms with Gasteiger partial charge in [0.1, 0.15) is 10.6 Å². The van der Waals surface area contributed by atoms with Crippen molar-refractivity contribution in [1.29, 1.82) is 0 Å². The third-order valence-electron chi connectivity index (χ3n) is 3.23. The fraction of sp³-hybridized carbons (Fsp3) is 0.417. The van der Waals surface area contributed by atoms with Crippen molar-refractivity contribution in [2.24, 2.45) is 5.73 Å². The number of primary amides is 1. The van der Waals surface area contributed by atoms with Crippen LogP contribution in [-0.2, 0) is 10.0 Å². The second kappa shape index (κ2) is 7.24. The third kappa shape index (κ3) is 4.32. The zero-order valence-corrected chi connectivity index (χ0v) is 15.0. The molecule has 1 aromatic carbocycles. The van der Waals surface area contributed by atoms with Crippen LogP contribution in [0.4, 0.5) is 31.1 Å². The Kier molecular flexibility index (Phi) is 6.20. The Labute approximate surface area is 154 Å². The molecule has 15 heteroatoms. The number of hydrogen-bond acceptors (Lipinski definition) is 4. The van der Waals surface area contributed by atoms with Crippen LogP contribution in [0.5, 0.6) is 5.75 Å². The Bertz CT molecular complexity index is 831. The number of methoxy groups -OCH3 is 1. The summed E-state index contributed by atoms with van der Waals surface area (Å²) in [7, 11) is -4.22. The third-order valence-corrected chi connectivity index (χ3v) is 4.78. The summed E-state index contributed by atoms with van der Waals surface area (Å²) < 4.78 is 109. The molecule has 2 amide bonds. The number of nitrogens with two attached hydrogens (primary N) is 1. The maximum atomic E-state index is 14.1. The molecule has 1 unspecified atom stereocenters. The summed E-state index contributed by atoms with van der Waals surface area (Å²) in [6, 6.07) is -5.31. The number of halogens is 7. The van der Waals surface area contributed by atoms with Gasteiger partial charge in [0.15, 0.2) is 0 Å². The minimum absolute atomic E-state index is 0.223. The molecule has 0 aliphatic rings. The number of benzene rings is 1. The largest absolute Gasteiger partial charge is 0.495 e. The monoisotopic (exact) mass is 443 g/mol. The SMILES string of the molecule is COc1ccc(Cl)cc1S(=O)(=O)NN(C(N)=O)C(F)(F)C(C)(F)C(F)(F)F. The lowest BCUT2D eigenvalue weighted by Crippen LogP contribution is -2.68. The molecule has 0 spiro atoms. The summed E-state index contributed by atoms with van der Waals surface area (Å²) in [5.41, 5.74) is -0.814. The van der Waals surface area contributed by atoms with Crippen LogP contribution in [0.15, 0.2) is 23.1 Å². The summed E-state index contributed by atoms with van der Waals surface area (Å²) in [5, 5.41) is -1.70. The number of amides is 2. The van der Waals surface area contributed by atoms with Crippen LogP contribution in [0.1, 0.15) is 6.92 Å². The number of urea groups is 1. The second-order valence-electron chi connectivity index (χ2n) is 5.11. The van der Waals surface area contributed by atoms with Crippen molar-refractivity contribution < 1.29 is 44.3 Å². The number of alkyl halides is 6. The smallest absolute Gasteiger partial charge is 0.430 e. The first-order chi connectivity index (χ1) is 12.0. The van der Waals surface area contributed by atoms with E-state index in [0.717, 1.165) is 24.1 Å². The minimum Gasteiger partial charge on any atom is -0.495 e. The van der Waals surface area contributed by atoms with Crippen molar-refractivity contribution >= 4 is 27.7 Å². The van der Waals surface area contributed by atoms with Gasteiger partial charge in [-0.05, 0) is 25.1 Å². The van der Waals surface area contributed by atoms with Gasteiger partial charge in [-0.3, -0.25) is 0 Å². The molecule has 154 valence electrons. The number of nitrogens with one attached hydrogen (secondary N) is 1.